The number of rotatable bonds is 4. The van der Waals surface area contributed by atoms with Crippen molar-refractivity contribution in [3.05, 3.63) is 56.4 Å². The third kappa shape index (κ3) is 3.14. The molecule has 2 aromatic rings. The number of ether oxygens (including phenoxy) is 1. The second-order valence-corrected chi connectivity index (χ2v) is 4.78. The van der Waals surface area contributed by atoms with Gasteiger partial charge in [0.15, 0.2) is 0 Å². The summed E-state index contributed by atoms with van der Waals surface area (Å²) in [7, 11) is 0. The Morgan fingerprint density at radius 3 is 2.84 bits per heavy atom. The molecule has 0 spiro atoms. The van der Waals surface area contributed by atoms with E-state index in [4.69, 9.17) is 4.74 Å². The normalized spacial score (nSPS) is 10.4. The fraction of sp³-hybridized carbons (Fsp3) is 0.231. The van der Waals surface area contributed by atoms with Crippen molar-refractivity contribution in [2.24, 2.45) is 0 Å². The molecule has 0 fully saturated rings. The Labute approximate surface area is 118 Å². The van der Waals surface area contributed by atoms with Crippen molar-refractivity contribution in [1.29, 1.82) is 0 Å². The fourth-order valence-corrected chi connectivity index (χ4v) is 2.10. The molecule has 2 rings (SSSR count). The first-order valence-corrected chi connectivity index (χ1v) is 6.61. The van der Waals surface area contributed by atoms with E-state index in [1.807, 2.05) is 24.3 Å². The van der Waals surface area contributed by atoms with Gasteiger partial charge in [-0.15, -0.1) is 0 Å². The average Bonchev–Trinajstić information content (AvgIpc) is 2.74. The van der Waals surface area contributed by atoms with Crippen LogP contribution in [0, 0.1) is 0 Å². The molecule has 19 heavy (non-hydrogen) atoms. The topological polar surface area (TPSA) is 64.1 Å². The summed E-state index contributed by atoms with van der Waals surface area (Å²) in [5.41, 5.74) is 0.587. The van der Waals surface area contributed by atoms with Crippen molar-refractivity contribution < 1.29 is 9.53 Å². The third-order valence-electron chi connectivity index (χ3n) is 2.57. The number of hydrogen-bond donors (Lipinski definition) is 1. The Balaban J connectivity index is 2.24. The number of hydrogen-bond acceptors (Lipinski definition) is 3. The maximum Gasteiger partial charge on any atom is 0.345 e. The third-order valence-corrected chi connectivity index (χ3v) is 3.34. The van der Waals surface area contributed by atoms with Gasteiger partial charge in [0.25, 0.3) is 5.56 Å². The highest BCUT2D eigenvalue weighted by Crippen LogP contribution is 2.16. The lowest BCUT2D eigenvalue weighted by Gasteiger charge is -2.04. The van der Waals surface area contributed by atoms with Crippen LogP contribution in [0.2, 0.25) is 0 Å². The van der Waals surface area contributed by atoms with Crippen LogP contribution in [-0.4, -0.2) is 22.4 Å². The Kier molecular flexibility index (Phi) is 4.21. The second-order valence-electron chi connectivity index (χ2n) is 3.92. The lowest BCUT2D eigenvalue weighted by atomic mass is 10.2. The van der Waals surface area contributed by atoms with Gasteiger partial charge in [0, 0.05) is 10.7 Å². The number of aromatic amines is 1. The maximum atomic E-state index is 11.6. The smallest absolute Gasteiger partial charge is 0.345 e. The van der Waals surface area contributed by atoms with Crippen molar-refractivity contribution in [2.45, 2.75) is 13.5 Å². The van der Waals surface area contributed by atoms with E-state index in [2.05, 4.69) is 21.0 Å². The van der Waals surface area contributed by atoms with E-state index in [0.29, 0.717) is 6.54 Å². The molecule has 1 aromatic carbocycles. The van der Waals surface area contributed by atoms with Crippen molar-refractivity contribution in [3.8, 4) is 0 Å². The summed E-state index contributed by atoms with van der Waals surface area (Å²) >= 11 is 3.44. The summed E-state index contributed by atoms with van der Waals surface area (Å²) in [5, 5.41) is 2.60. The first-order valence-electron chi connectivity index (χ1n) is 5.81. The van der Waals surface area contributed by atoms with E-state index in [1.54, 1.807) is 11.6 Å². The summed E-state index contributed by atoms with van der Waals surface area (Å²) < 4.78 is 7.33. The van der Waals surface area contributed by atoms with Crippen LogP contribution in [0.4, 0.5) is 0 Å². The summed E-state index contributed by atoms with van der Waals surface area (Å²) in [6.07, 6.45) is 1.47. The summed E-state index contributed by atoms with van der Waals surface area (Å²) in [5.74, 6) is -0.602. The summed E-state index contributed by atoms with van der Waals surface area (Å²) in [6, 6.07) is 7.68. The van der Waals surface area contributed by atoms with Crippen LogP contribution in [0.25, 0.3) is 0 Å². The largest absolute Gasteiger partial charge is 0.462 e. The molecule has 0 bridgehead atoms. The average molecular weight is 325 g/mol. The molecule has 0 saturated heterocycles. The van der Waals surface area contributed by atoms with E-state index >= 15 is 0 Å². The number of aromatic nitrogens is 2. The number of halogens is 1. The molecule has 0 aliphatic heterocycles. The van der Waals surface area contributed by atoms with Gasteiger partial charge >= 0.3 is 5.97 Å². The van der Waals surface area contributed by atoms with Crippen LogP contribution >= 0.6 is 15.9 Å². The van der Waals surface area contributed by atoms with Gasteiger partial charge in [-0.2, -0.15) is 0 Å². The Bertz CT molecular complexity index is 645. The molecule has 5 nitrogen and oxygen atoms in total. The molecule has 0 radical (unpaired) electrons. The predicted octanol–water partition coefficient (Wildman–Crippen LogP) is 2.16. The zero-order valence-electron chi connectivity index (χ0n) is 10.4. The van der Waals surface area contributed by atoms with E-state index in [-0.39, 0.29) is 12.2 Å². The van der Waals surface area contributed by atoms with Crippen molar-refractivity contribution in [1.82, 2.24) is 9.78 Å². The van der Waals surface area contributed by atoms with E-state index in [0.717, 1.165) is 10.0 Å². The van der Waals surface area contributed by atoms with Gasteiger partial charge < -0.3 is 4.74 Å². The van der Waals surface area contributed by atoms with Crippen molar-refractivity contribution in [3.63, 3.8) is 0 Å². The van der Waals surface area contributed by atoms with Gasteiger partial charge in [-0.3, -0.25) is 14.6 Å². The van der Waals surface area contributed by atoms with E-state index in [9.17, 15) is 9.59 Å². The van der Waals surface area contributed by atoms with Crippen LogP contribution in [0.15, 0.2) is 39.7 Å². The van der Waals surface area contributed by atoms with Crippen molar-refractivity contribution >= 4 is 21.9 Å². The lowest BCUT2D eigenvalue weighted by Crippen LogP contribution is -2.15. The highest BCUT2D eigenvalue weighted by atomic mass is 79.9. The SMILES string of the molecule is CCOC(=O)c1cn(Cc2ccccc2Br)[nH]c1=O. The molecule has 0 atom stereocenters. The molecule has 0 amide bonds. The number of nitrogens with zero attached hydrogens (tertiary/aromatic N) is 1. The number of H-pyrrole nitrogens is 1. The van der Waals surface area contributed by atoms with Crippen LogP contribution in [0.1, 0.15) is 22.8 Å². The highest BCUT2D eigenvalue weighted by molar-refractivity contribution is 9.10. The van der Waals surface area contributed by atoms with E-state index < -0.39 is 11.5 Å². The van der Waals surface area contributed by atoms with Crippen LogP contribution in [-0.2, 0) is 11.3 Å². The monoisotopic (exact) mass is 324 g/mol. The predicted molar refractivity (Wildman–Crippen MR) is 74.3 cm³/mol. The zero-order valence-corrected chi connectivity index (χ0v) is 11.9. The minimum Gasteiger partial charge on any atom is -0.462 e. The minimum absolute atomic E-state index is 0.0221. The molecule has 1 heterocycles. The van der Waals surface area contributed by atoms with Crippen LogP contribution < -0.4 is 5.56 Å². The second kappa shape index (κ2) is 5.88. The number of nitrogens with one attached hydrogen (secondary N) is 1. The van der Waals surface area contributed by atoms with Gasteiger partial charge in [-0.1, -0.05) is 34.1 Å². The fourth-order valence-electron chi connectivity index (χ4n) is 1.69. The van der Waals surface area contributed by atoms with Gasteiger partial charge in [0.1, 0.15) is 5.56 Å². The Morgan fingerprint density at radius 2 is 2.16 bits per heavy atom. The molecule has 1 N–H and O–H groups in total. The highest BCUT2D eigenvalue weighted by Gasteiger charge is 2.14. The molecular formula is C13H13BrN2O3. The molecular weight excluding hydrogens is 312 g/mol. The lowest BCUT2D eigenvalue weighted by molar-refractivity contribution is 0.0525. The zero-order chi connectivity index (χ0) is 13.8. The molecule has 0 unspecified atom stereocenters. The van der Waals surface area contributed by atoms with Gasteiger partial charge in [0.05, 0.1) is 13.2 Å². The standard InChI is InChI=1S/C13H13BrN2O3/c1-2-19-13(18)10-8-16(15-12(10)17)7-9-5-3-4-6-11(9)14/h3-6,8H,2,7H2,1H3,(H,15,17). The molecule has 0 aliphatic carbocycles. The minimum atomic E-state index is -0.602. The number of carbonyl (C=O) groups excluding carboxylic acids is 1. The molecule has 0 aliphatic rings. The molecule has 1 aromatic heterocycles. The van der Waals surface area contributed by atoms with E-state index in [1.165, 1.54) is 6.20 Å². The van der Waals surface area contributed by atoms with Crippen molar-refractivity contribution in [2.75, 3.05) is 6.61 Å². The molecule has 0 saturated carbocycles. The first kappa shape index (κ1) is 13.6. The number of esters is 1. The molecule has 100 valence electrons. The summed E-state index contributed by atoms with van der Waals surface area (Å²) in [6.45, 7) is 2.41. The Hall–Kier alpha value is -1.82. The van der Waals surface area contributed by atoms with Crippen LogP contribution in [0.5, 0.6) is 0 Å². The van der Waals surface area contributed by atoms with Gasteiger partial charge in [0.2, 0.25) is 0 Å². The number of benzene rings is 1. The quantitative estimate of drug-likeness (QED) is 0.876. The Morgan fingerprint density at radius 1 is 1.42 bits per heavy atom. The maximum absolute atomic E-state index is 11.6. The molecule has 6 heteroatoms. The van der Waals surface area contributed by atoms with Crippen LogP contribution in [0.3, 0.4) is 0 Å². The van der Waals surface area contributed by atoms with Gasteiger partial charge in [-0.05, 0) is 18.6 Å². The first-order chi connectivity index (χ1) is 9.11. The number of carbonyl (C=O) groups is 1. The van der Waals surface area contributed by atoms with Gasteiger partial charge in [-0.25, -0.2) is 4.79 Å². The summed E-state index contributed by atoms with van der Waals surface area (Å²) in [4.78, 5) is 23.2.